The van der Waals surface area contributed by atoms with Gasteiger partial charge in [0, 0.05) is 17.7 Å². The Labute approximate surface area is 117 Å². The van der Waals surface area contributed by atoms with E-state index in [1.165, 1.54) is 18.2 Å². The molecule has 0 bridgehead atoms. The molecule has 6 nitrogen and oxygen atoms in total. The van der Waals surface area contributed by atoms with Crippen LogP contribution in [0.25, 0.3) is 11.1 Å². The first-order chi connectivity index (χ1) is 9.93. The Hall–Kier alpha value is -3.27. The molecule has 0 saturated heterocycles. The van der Waals surface area contributed by atoms with Crippen LogP contribution in [0.4, 0.5) is 10.1 Å². The van der Waals surface area contributed by atoms with Crippen molar-refractivity contribution < 1.29 is 19.2 Å². The molecular formula is C14H7FN2O4. The number of carboxylic acid groups (broad SMARTS) is 1. The van der Waals surface area contributed by atoms with Gasteiger partial charge in [-0.3, -0.25) is 10.1 Å². The molecule has 21 heavy (non-hydrogen) atoms. The standard InChI is InChI=1S/C14H7FN2O4/c15-13-8(7-16)2-1-3-12(13)9-4-10(14(18)19)6-11(5-9)17(20)21/h1-6H,(H,18,19). The van der Waals surface area contributed by atoms with Gasteiger partial charge in [-0.25, -0.2) is 9.18 Å². The number of nitro groups is 1. The zero-order chi connectivity index (χ0) is 15.6. The van der Waals surface area contributed by atoms with Crippen molar-refractivity contribution in [3.05, 3.63) is 63.5 Å². The molecule has 0 amide bonds. The smallest absolute Gasteiger partial charge is 0.335 e. The van der Waals surface area contributed by atoms with Crippen LogP contribution >= 0.6 is 0 Å². The first-order valence-corrected chi connectivity index (χ1v) is 5.66. The zero-order valence-electron chi connectivity index (χ0n) is 10.4. The molecule has 0 aliphatic heterocycles. The Morgan fingerprint density at radius 1 is 1.33 bits per heavy atom. The number of carbonyl (C=O) groups is 1. The van der Waals surface area contributed by atoms with Gasteiger partial charge in [-0.05, 0) is 17.7 Å². The summed E-state index contributed by atoms with van der Waals surface area (Å²) >= 11 is 0. The molecule has 0 fully saturated rings. The van der Waals surface area contributed by atoms with Gasteiger partial charge in [-0.2, -0.15) is 5.26 Å². The molecule has 0 saturated carbocycles. The van der Waals surface area contributed by atoms with Gasteiger partial charge < -0.3 is 5.11 Å². The molecule has 104 valence electrons. The Kier molecular flexibility index (Phi) is 3.63. The van der Waals surface area contributed by atoms with Crippen molar-refractivity contribution in [2.24, 2.45) is 0 Å². The van der Waals surface area contributed by atoms with Crippen LogP contribution in [0.5, 0.6) is 0 Å². The molecular weight excluding hydrogens is 279 g/mol. The molecule has 0 radical (unpaired) electrons. The van der Waals surface area contributed by atoms with E-state index in [9.17, 15) is 19.3 Å². The Balaban J connectivity index is 2.72. The lowest BCUT2D eigenvalue weighted by Crippen LogP contribution is -2.00. The van der Waals surface area contributed by atoms with Crippen molar-refractivity contribution in [3.63, 3.8) is 0 Å². The van der Waals surface area contributed by atoms with Crippen molar-refractivity contribution in [1.29, 1.82) is 5.26 Å². The van der Waals surface area contributed by atoms with Crippen LogP contribution < -0.4 is 0 Å². The number of hydrogen-bond acceptors (Lipinski definition) is 4. The molecule has 0 aliphatic rings. The van der Waals surface area contributed by atoms with Crippen molar-refractivity contribution in [2.45, 2.75) is 0 Å². The average Bonchev–Trinajstić information content (AvgIpc) is 2.46. The third-order valence-electron chi connectivity index (χ3n) is 2.81. The van der Waals surface area contributed by atoms with Crippen LogP contribution in [0, 0.1) is 27.3 Å². The molecule has 0 heterocycles. The largest absolute Gasteiger partial charge is 0.478 e. The number of non-ortho nitro benzene ring substituents is 1. The lowest BCUT2D eigenvalue weighted by atomic mass is 9.99. The van der Waals surface area contributed by atoms with E-state index in [4.69, 9.17) is 10.4 Å². The number of nitrogens with zero attached hydrogens (tertiary/aromatic N) is 2. The minimum Gasteiger partial charge on any atom is -0.478 e. The summed E-state index contributed by atoms with van der Waals surface area (Å²) in [6.07, 6.45) is 0. The van der Waals surface area contributed by atoms with Gasteiger partial charge in [0.25, 0.3) is 5.69 Å². The predicted octanol–water partition coefficient (Wildman–Crippen LogP) is 2.97. The second-order valence-electron chi connectivity index (χ2n) is 4.11. The fraction of sp³-hybridized carbons (Fsp3) is 0. The first kappa shape index (κ1) is 14.1. The number of rotatable bonds is 3. The van der Waals surface area contributed by atoms with E-state index in [1.54, 1.807) is 6.07 Å². The highest BCUT2D eigenvalue weighted by Crippen LogP contribution is 2.29. The maximum absolute atomic E-state index is 14.1. The number of nitro benzene ring substituents is 1. The normalized spacial score (nSPS) is 9.90. The Morgan fingerprint density at radius 3 is 2.62 bits per heavy atom. The van der Waals surface area contributed by atoms with E-state index in [2.05, 4.69) is 0 Å². The summed E-state index contributed by atoms with van der Waals surface area (Å²) in [5, 5.41) is 28.6. The number of aromatic carboxylic acids is 1. The fourth-order valence-corrected chi connectivity index (χ4v) is 1.84. The van der Waals surface area contributed by atoms with Gasteiger partial charge in [-0.1, -0.05) is 12.1 Å². The van der Waals surface area contributed by atoms with Crippen molar-refractivity contribution >= 4 is 11.7 Å². The van der Waals surface area contributed by atoms with E-state index in [0.29, 0.717) is 0 Å². The van der Waals surface area contributed by atoms with Crippen LogP contribution in [-0.2, 0) is 0 Å². The lowest BCUT2D eigenvalue weighted by molar-refractivity contribution is -0.384. The fourth-order valence-electron chi connectivity index (χ4n) is 1.84. The van der Waals surface area contributed by atoms with E-state index >= 15 is 0 Å². The van der Waals surface area contributed by atoms with Crippen LogP contribution in [0.2, 0.25) is 0 Å². The van der Waals surface area contributed by atoms with Crippen molar-refractivity contribution in [2.75, 3.05) is 0 Å². The SMILES string of the molecule is N#Cc1cccc(-c2cc(C(=O)O)cc([N+](=O)[O-])c2)c1F. The van der Waals surface area contributed by atoms with Gasteiger partial charge in [-0.15, -0.1) is 0 Å². The van der Waals surface area contributed by atoms with E-state index in [-0.39, 0.29) is 22.3 Å². The maximum Gasteiger partial charge on any atom is 0.335 e. The summed E-state index contributed by atoms with van der Waals surface area (Å²) < 4.78 is 14.1. The number of halogens is 1. The van der Waals surface area contributed by atoms with Crippen molar-refractivity contribution in [3.8, 4) is 17.2 Å². The topological polar surface area (TPSA) is 104 Å². The summed E-state index contributed by atoms with van der Waals surface area (Å²) in [6.45, 7) is 0. The Morgan fingerprint density at radius 2 is 2.05 bits per heavy atom. The van der Waals surface area contributed by atoms with Gasteiger partial charge in [0.1, 0.15) is 11.9 Å². The third-order valence-corrected chi connectivity index (χ3v) is 2.81. The second-order valence-corrected chi connectivity index (χ2v) is 4.11. The van der Waals surface area contributed by atoms with Gasteiger partial charge in [0.2, 0.25) is 0 Å². The summed E-state index contributed by atoms with van der Waals surface area (Å²) in [5.74, 6) is -2.21. The highest BCUT2D eigenvalue weighted by molar-refractivity contribution is 5.90. The lowest BCUT2D eigenvalue weighted by Gasteiger charge is -2.06. The van der Waals surface area contributed by atoms with Crippen LogP contribution in [0.15, 0.2) is 36.4 Å². The predicted molar refractivity (Wildman–Crippen MR) is 70.2 cm³/mol. The van der Waals surface area contributed by atoms with E-state index in [0.717, 1.165) is 18.2 Å². The molecule has 0 aromatic heterocycles. The highest BCUT2D eigenvalue weighted by atomic mass is 19.1. The van der Waals surface area contributed by atoms with Gasteiger partial charge in [0.05, 0.1) is 16.1 Å². The molecule has 2 rings (SSSR count). The molecule has 0 unspecified atom stereocenters. The van der Waals surface area contributed by atoms with E-state index < -0.39 is 22.4 Å². The van der Waals surface area contributed by atoms with Crippen molar-refractivity contribution in [1.82, 2.24) is 0 Å². The number of benzene rings is 2. The molecule has 2 aromatic carbocycles. The Bertz CT molecular complexity index is 764. The van der Waals surface area contributed by atoms with Gasteiger partial charge in [0.15, 0.2) is 0 Å². The monoisotopic (exact) mass is 286 g/mol. The molecule has 7 heteroatoms. The molecule has 0 atom stereocenters. The molecule has 1 N–H and O–H groups in total. The third kappa shape index (κ3) is 2.69. The molecule has 2 aromatic rings. The summed E-state index contributed by atoms with van der Waals surface area (Å²) in [4.78, 5) is 21.1. The average molecular weight is 286 g/mol. The summed E-state index contributed by atoms with van der Waals surface area (Å²) in [7, 11) is 0. The van der Waals surface area contributed by atoms with Crippen LogP contribution in [0.3, 0.4) is 0 Å². The van der Waals surface area contributed by atoms with Crippen LogP contribution in [0.1, 0.15) is 15.9 Å². The minimum absolute atomic E-state index is 0.0243. The number of carboxylic acids is 1. The van der Waals surface area contributed by atoms with E-state index in [1.807, 2.05) is 0 Å². The zero-order valence-corrected chi connectivity index (χ0v) is 10.4. The summed E-state index contributed by atoms with van der Waals surface area (Å²) in [6, 6.07) is 8.71. The quantitative estimate of drug-likeness (QED) is 0.689. The second kappa shape index (κ2) is 5.38. The highest BCUT2D eigenvalue weighted by Gasteiger charge is 2.17. The first-order valence-electron chi connectivity index (χ1n) is 5.66. The maximum atomic E-state index is 14.1. The molecule has 0 spiro atoms. The molecule has 0 aliphatic carbocycles. The summed E-state index contributed by atoms with van der Waals surface area (Å²) in [5.41, 5.74) is -1.07. The number of nitriles is 1. The number of hydrogen-bond donors (Lipinski definition) is 1. The van der Waals surface area contributed by atoms with Crippen LogP contribution in [-0.4, -0.2) is 16.0 Å². The van der Waals surface area contributed by atoms with Gasteiger partial charge >= 0.3 is 5.97 Å². The minimum atomic E-state index is -1.36.